The van der Waals surface area contributed by atoms with E-state index in [0.717, 1.165) is 18.6 Å². The summed E-state index contributed by atoms with van der Waals surface area (Å²) in [7, 11) is 0. The first kappa shape index (κ1) is 14.5. The van der Waals surface area contributed by atoms with Crippen molar-refractivity contribution >= 4 is 11.6 Å². The van der Waals surface area contributed by atoms with Gasteiger partial charge in [-0.1, -0.05) is 0 Å². The maximum Gasteiger partial charge on any atom is 0.257 e. The van der Waals surface area contributed by atoms with Crippen LogP contribution in [0.25, 0.3) is 0 Å². The minimum atomic E-state index is -0.223. The Hall–Kier alpha value is -2.47. The number of pyridine rings is 2. The van der Waals surface area contributed by atoms with E-state index < -0.39 is 0 Å². The van der Waals surface area contributed by atoms with E-state index in [4.69, 9.17) is 9.47 Å². The highest BCUT2D eigenvalue weighted by Crippen LogP contribution is 2.16. The highest BCUT2D eigenvalue weighted by atomic mass is 16.5. The van der Waals surface area contributed by atoms with Crippen molar-refractivity contribution in [1.29, 1.82) is 0 Å². The lowest BCUT2D eigenvalue weighted by Gasteiger charge is -2.11. The van der Waals surface area contributed by atoms with Gasteiger partial charge in [-0.3, -0.25) is 9.78 Å². The zero-order valence-corrected chi connectivity index (χ0v) is 12.3. The van der Waals surface area contributed by atoms with Gasteiger partial charge in [0.05, 0.1) is 30.7 Å². The fraction of sp³-hybridized carbons (Fsp3) is 0.312. The molecule has 6 heteroatoms. The fourth-order valence-corrected chi connectivity index (χ4v) is 2.15. The van der Waals surface area contributed by atoms with Gasteiger partial charge in [0.25, 0.3) is 5.91 Å². The fourth-order valence-electron chi connectivity index (χ4n) is 2.15. The van der Waals surface area contributed by atoms with Crippen LogP contribution in [0.15, 0.2) is 36.8 Å². The first-order valence-corrected chi connectivity index (χ1v) is 7.15. The molecular formula is C16H17N3O3. The van der Waals surface area contributed by atoms with Crippen molar-refractivity contribution in [2.75, 3.05) is 18.5 Å². The van der Waals surface area contributed by atoms with Crippen LogP contribution < -0.4 is 10.1 Å². The van der Waals surface area contributed by atoms with Gasteiger partial charge in [-0.25, -0.2) is 4.98 Å². The topological polar surface area (TPSA) is 73.3 Å². The number of nitrogens with zero attached hydrogens (tertiary/aromatic N) is 2. The molecule has 1 N–H and O–H groups in total. The molecule has 0 radical (unpaired) electrons. The Kier molecular flexibility index (Phi) is 4.29. The predicted octanol–water partition coefficient (Wildman–Crippen LogP) is 2.21. The Labute approximate surface area is 128 Å². The van der Waals surface area contributed by atoms with Gasteiger partial charge in [-0.15, -0.1) is 0 Å². The van der Waals surface area contributed by atoms with Gasteiger partial charge in [-0.05, 0) is 24.6 Å². The SMILES string of the molecule is Cc1ccncc1NC(=O)c1ccc(OC2CCOC2)nc1. The van der Waals surface area contributed by atoms with Gasteiger partial charge in [-0.2, -0.15) is 0 Å². The number of anilines is 1. The summed E-state index contributed by atoms with van der Waals surface area (Å²) in [5, 5.41) is 2.82. The molecule has 0 aliphatic carbocycles. The Morgan fingerprint density at radius 3 is 2.95 bits per heavy atom. The number of amides is 1. The van der Waals surface area contributed by atoms with Gasteiger partial charge >= 0.3 is 0 Å². The molecule has 1 amide bonds. The third kappa shape index (κ3) is 3.40. The maximum absolute atomic E-state index is 12.2. The molecule has 22 heavy (non-hydrogen) atoms. The van der Waals surface area contributed by atoms with E-state index in [2.05, 4.69) is 15.3 Å². The zero-order chi connectivity index (χ0) is 15.4. The zero-order valence-electron chi connectivity index (χ0n) is 12.3. The van der Waals surface area contributed by atoms with Gasteiger partial charge < -0.3 is 14.8 Å². The van der Waals surface area contributed by atoms with Crippen LogP contribution in [-0.4, -0.2) is 35.2 Å². The third-order valence-electron chi connectivity index (χ3n) is 3.46. The largest absolute Gasteiger partial charge is 0.472 e. The van der Waals surface area contributed by atoms with Gasteiger partial charge in [0.1, 0.15) is 6.10 Å². The van der Waals surface area contributed by atoms with E-state index in [0.29, 0.717) is 23.7 Å². The Morgan fingerprint density at radius 1 is 1.36 bits per heavy atom. The maximum atomic E-state index is 12.2. The van der Waals surface area contributed by atoms with Crippen LogP contribution in [-0.2, 0) is 4.74 Å². The summed E-state index contributed by atoms with van der Waals surface area (Å²) < 4.78 is 10.9. The van der Waals surface area contributed by atoms with E-state index in [-0.39, 0.29) is 12.0 Å². The number of ether oxygens (including phenoxy) is 2. The molecule has 0 spiro atoms. The Bertz CT molecular complexity index is 652. The van der Waals surface area contributed by atoms with Crippen molar-refractivity contribution in [3.05, 3.63) is 47.9 Å². The molecule has 1 fully saturated rings. The molecule has 0 saturated carbocycles. The number of hydrogen-bond donors (Lipinski definition) is 1. The molecule has 2 aromatic heterocycles. The van der Waals surface area contributed by atoms with Crippen LogP contribution in [0.5, 0.6) is 5.88 Å². The van der Waals surface area contributed by atoms with Crippen LogP contribution in [0.3, 0.4) is 0 Å². The smallest absolute Gasteiger partial charge is 0.257 e. The van der Waals surface area contributed by atoms with Crippen molar-refractivity contribution in [3.8, 4) is 5.88 Å². The van der Waals surface area contributed by atoms with E-state index in [9.17, 15) is 4.79 Å². The molecule has 1 unspecified atom stereocenters. The molecule has 2 aromatic rings. The van der Waals surface area contributed by atoms with Crippen molar-refractivity contribution in [1.82, 2.24) is 9.97 Å². The third-order valence-corrected chi connectivity index (χ3v) is 3.46. The number of aromatic nitrogens is 2. The summed E-state index contributed by atoms with van der Waals surface area (Å²) in [6, 6.07) is 5.23. The number of hydrogen-bond acceptors (Lipinski definition) is 5. The molecule has 1 saturated heterocycles. The van der Waals surface area contributed by atoms with Crippen LogP contribution in [0.1, 0.15) is 22.3 Å². The van der Waals surface area contributed by atoms with Crippen LogP contribution in [0, 0.1) is 6.92 Å². The molecule has 6 nitrogen and oxygen atoms in total. The minimum absolute atomic E-state index is 0.0465. The number of nitrogens with one attached hydrogen (secondary N) is 1. The number of carbonyl (C=O) groups excluding carboxylic acids is 1. The lowest BCUT2D eigenvalue weighted by Crippen LogP contribution is -2.17. The summed E-state index contributed by atoms with van der Waals surface area (Å²) in [6.07, 6.45) is 5.73. The quantitative estimate of drug-likeness (QED) is 0.937. The Balaban J connectivity index is 1.64. The summed E-state index contributed by atoms with van der Waals surface area (Å²) >= 11 is 0. The number of carbonyl (C=O) groups is 1. The van der Waals surface area contributed by atoms with Gasteiger partial charge in [0.15, 0.2) is 0 Å². The molecule has 0 bridgehead atoms. The van der Waals surface area contributed by atoms with Crippen LogP contribution in [0.2, 0.25) is 0 Å². The average molecular weight is 299 g/mol. The number of rotatable bonds is 4. The second-order valence-corrected chi connectivity index (χ2v) is 5.13. The van der Waals surface area contributed by atoms with Crippen molar-refractivity contribution in [2.24, 2.45) is 0 Å². The molecule has 0 aromatic carbocycles. The summed E-state index contributed by atoms with van der Waals surface area (Å²) in [6.45, 7) is 3.22. The molecular weight excluding hydrogens is 282 g/mol. The molecule has 3 heterocycles. The predicted molar refractivity (Wildman–Crippen MR) is 81.0 cm³/mol. The lowest BCUT2D eigenvalue weighted by molar-refractivity contribution is 0.102. The van der Waals surface area contributed by atoms with E-state index >= 15 is 0 Å². The summed E-state index contributed by atoms with van der Waals surface area (Å²) in [5.41, 5.74) is 2.12. The van der Waals surface area contributed by atoms with E-state index in [1.54, 1.807) is 24.5 Å². The van der Waals surface area contributed by atoms with Gasteiger partial charge in [0.2, 0.25) is 5.88 Å². The highest BCUT2D eigenvalue weighted by molar-refractivity contribution is 6.04. The first-order chi connectivity index (χ1) is 10.7. The molecule has 1 aliphatic heterocycles. The normalized spacial score (nSPS) is 17.2. The second kappa shape index (κ2) is 6.53. The monoisotopic (exact) mass is 299 g/mol. The van der Waals surface area contributed by atoms with Crippen molar-refractivity contribution in [2.45, 2.75) is 19.4 Å². The van der Waals surface area contributed by atoms with Crippen LogP contribution >= 0.6 is 0 Å². The van der Waals surface area contributed by atoms with Gasteiger partial charge in [0, 0.05) is 24.9 Å². The summed E-state index contributed by atoms with van der Waals surface area (Å²) in [5.74, 6) is 0.281. The van der Waals surface area contributed by atoms with Crippen molar-refractivity contribution in [3.63, 3.8) is 0 Å². The average Bonchev–Trinajstić information content (AvgIpc) is 3.03. The molecule has 3 rings (SSSR count). The molecule has 114 valence electrons. The standard InChI is InChI=1S/C16H17N3O3/c1-11-4-6-17-9-14(11)19-16(20)12-2-3-15(18-8-12)22-13-5-7-21-10-13/h2-4,6,8-9,13H,5,7,10H2,1H3,(H,19,20). The number of aryl methyl sites for hydroxylation is 1. The second-order valence-electron chi connectivity index (χ2n) is 5.13. The first-order valence-electron chi connectivity index (χ1n) is 7.15. The Morgan fingerprint density at radius 2 is 2.27 bits per heavy atom. The van der Waals surface area contributed by atoms with Crippen LogP contribution in [0.4, 0.5) is 5.69 Å². The van der Waals surface area contributed by atoms with E-state index in [1.807, 2.05) is 13.0 Å². The minimum Gasteiger partial charge on any atom is -0.472 e. The van der Waals surface area contributed by atoms with E-state index in [1.165, 1.54) is 6.20 Å². The lowest BCUT2D eigenvalue weighted by atomic mass is 10.2. The molecule has 1 aliphatic rings. The summed E-state index contributed by atoms with van der Waals surface area (Å²) in [4.78, 5) is 20.4. The molecule has 1 atom stereocenters. The highest BCUT2D eigenvalue weighted by Gasteiger charge is 2.18. The van der Waals surface area contributed by atoms with Crippen molar-refractivity contribution < 1.29 is 14.3 Å².